The lowest BCUT2D eigenvalue weighted by Gasteiger charge is -2.26. The average Bonchev–Trinajstić information content (AvgIpc) is 1.41. The number of carbonyl (C=O) groups is 14. The van der Waals surface area contributed by atoms with Crippen LogP contribution in [0.4, 0.5) is 28.9 Å². The van der Waals surface area contributed by atoms with Crippen LogP contribution in [0, 0.1) is 28.7 Å². The molecule has 8 atom stereocenters. The maximum Gasteiger partial charge on any atom is 0.326 e. The molecule has 0 spiro atoms. The summed E-state index contributed by atoms with van der Waals surface area (Å²) >= 11 is 0. The smallest absolute Gasteiger partial charge is 0.326 e. The molecular weight excluding hydrogens is 1710 g/mol. The molecule has 700 valence electrons. The zero-order valence-corrected chi connectivity index (χ0v) is 72.9. The fraction of sp³-hybridized carbons (Fsp3) is 0.455. The molecule has 0 radical (unpaired) electrons. The minimum Gasteiger partial charge on any atom is -0.480 e. The lowest BCUT2D eigenvalue weighted by molar-refractivity contribution is -0.142. The number of alkyl halides is 4. The zero-order chi connectivity index (χ0) is 95.5. The molecule has 2 aliphatic heterocycles. The molecule has 4 aromatic carbocycles. The number of carboxylic acid groups (broad SMARTS) is 1. The first-order valence-electron chi connectivity index (χ1n) is 42.6. The summed E-state index contributed by atoms with van der Waals surface area (Å²) in [4.78, 5) is 210. The maximum absolute atomic E-state index is 15.0. The second kappa shape index (κ2) is 49.7. The van der Waals surface area contributed by atoms with Gasteiger partial charge < -0.3 is 94.7 Å². The Hall–Kier alpha value is -14.5. The Morgan fingerprint density at radius 3 is 1.35 bits per heavy atom. The maximum atomic E-state index is 15.0. The Morgan fingerprint density at radius 2 is 0.893 bits per heavy atom. The number of aliphatic carboxylic acids is 1. The number of likely N-dealkylation sites (tertiary alicyclic amines) is 2. The molecule has 8 rings (SSSR count). The third kappa shape index (κ3) is 31.7. The van der Waals surface area contributed by atoms with E-state index in [1.54, 1.807) is 94.9 Å². The predicted molar refractivity (Wildman–Crippen MR) is 473 cm³/mol. The molecule has 131 heavy (non-hydrogen) atoms. The number of nitriles is 1. The van der Waals surface area contributed by atoms with Crippen molar-refractivity contribution in [2.45, 2.75) is 176 Å². The molecule has 2 aromatic heterocycles. The van der Waals surface area contributed by atoms with Gasteiger partial charge in [-0.15, -0.1) is 0 Å². The van der Waals surface area contributed by atoms with Crippen LogP contribution < -0.4 is 74.9 Å². The monoisotopic (exact) mass is 1820 g/mol. The number of rotatable bonds is 47. The van der Waals surface area contributed by atoms with E-state index in [2.05, 4.69) is 83.9 Å². The van der Waals surface area contributed by atoms with Crippen LogP contribution in [0.5, 0.6) is 0 Å². The van der Waals surface area contributed by atoms with E-state index in [4.69, 9.17) is 23.1 Å². The molecule has 18 N–H and O–H groups in total. The van der Waals surface area contributed by atoms with Crippen LogP contribution in [0.15, 0.2) is 122 Å². The van der Waals surface area contributed by atoms with Crippen molar-refractivity contribution in [3.63, 3.8) is 0 Å². The third-order valence-corrected chi connectivity index (χ3v) is 21.4. The van der Waals surface area contributed by atoms with Gasteiger partial charge in [-0.3, -0.25) is 92.9 Å². The number of aromatic nitrogens is 2. The normalized spacial score (nSPS) is 15.4. The molecule has 13 amide bonds. The summed E-state index contributed by atoms with van der Waals surface area (Å²) in [6, 6.07) is 20.5. The number of guanidine groups is 2. The molecule has 2 saturated heterocycles. The van der Waals surface area contributed by atoms with Crippen LogP contribution in [0.1, 0.15) is 135 Å². The summed E-state index contributed by atoms with van der Waals surface area (Å²) in [5.41, 5.74) is 7.34. The Labute approximate surface area is 752 Å². The molecular formula is C88H110F4N24O15. The van der Waals surface area contributed by atoms with Gasteiger partial charge in [0.15, 0.2) is 11.9 Å². The number of nitrogens with zero attached hydrogens (tertiary/aromatic N) is 8. The Balaban J connectivity index is 0.928. The lowest BCUT2D eigenvalue weighted by Crippen LogP contribution is -2.58. The predicted octanol–water partition coefficient (Wildman–Crippen LogP) is 2.88. The number of amides is 13. The van der Waals surface area contributed by atoms with Crippen molar-refractivity contribution in [3.8, 4) is 6.07 Å². The standard InChI is InChI=1S/C88H110F4N24O15/c1-97-68-47-88(91,92)52-116(68)74(122)50-104-78(124)59-37-43-99-76-57(59)25-17-29-61(76)106-69(117)32-34-71(119)107-62(30-18-40-101-85(95)113(2)3)80(126)111-66(44-53-20-8-6-9-21-53)79(125)100-39-15-13-26-64(82(128)110-65(84(130)131)27-12-14-38-93)109-83(129)67(45-54-22-10-7-11-23-54)112-81(127)63(31-19-41-102-86(96)114(4)5)108-72(120)35-33-70(118)105-60-28-16-24-56-58(36-42-98-75(56)60)77(123)103-49-73(121)115-51-87(89,90)46-55(115)48-94/h6-11,16-17,20-25,28-29,36-37,42-43,55,62-68H,12-15,18-19,26-27,30-35,38-41,44-47,49-52,93H2,2-5H3,(H2,95,101)(H2,96,102)(H,100,125)(H,103,123)(H,104,124)(H,105,118)(H,106,117)(H,107,119)(H,108,120)(H,109,129)(H,110,128)(H,111,126)(H,112,127)(H,130,131)/t55-,62?,63?,64-,65-,66-,67-,68-/m0/s1. The van der Waals surface area contributed by atoms with Crippen LogP contribution in [0.3, 0.4) is 0 Å². The minimum atomic E-state index is -3.29. The van der Waals surface area contributed by atoms with Gasteiger partial charge in [0, 0.05) is 116 Å². The summed E-state index contributed by atoms with van der Waals surface area (Å²) in [5.74, 6) is -18.4. The van der Waals surface area contributed by atoms with Gasteiger partial charge in [0.1, 0.15) is 48.7 Å². The van der Waals surface area contributed by atoms with Crippen molar-refractivity contribution in [1.82, 2.24) is 88.1 Å². The van der Waals surface area contributed by atoms with Crippen LogP contribution in [0.25, 0.3) is 26.7 Å². The number of carboxylic acids is 1. The van der Waals surface area contributed by atoms with E-state index < -0.39 is 208 Å². The summed E-state index contributed by atoms with van der Waals surface area (Å²) in [6.07, 6.45) is -1.88. The van der Waals surface area contributed by atoms with Gasteiger partial charge in [-0.1, -0.05) is 84.9 Å². The number of unbranched alkanes of at least 4 members (excludes halogenated alkanes) is 2. The van der Waals surface area contributed by atoms with Crippen molar-refractivity contribution < 1.29 is 89.8 Å². The number of carbonyl (C=O) groups excluding carboxylic acids is 13. The Bertz CT molecular complexity index is 5200. The number of fused-ring (bicyclic) bond motifs is 2. The number of pyridine rings is 2. The molecule has 39 nitrogen and oxygen atoms in total. The highest BCUT2D eigenvalue weighted by Crippen LogP contribution is 2.34. The number of nitrogens with one attached hydrogen (secondary N) is 15. The van der Waals surface area contributed by atoms with Gasteiger partial charge in [-0.05, 0) is 106 Å². The van der Waals surface area contributed by atoms with Crippen molar-refractivity contribution in [1.29, 1.82) is 16.1 Å². The Kier molecular flexibility index (Phi) is 38.7. The summed E-state index contributed by atoms with van der Waals surface area (Å²) in [7, 11) is 6.54. The molecule has 0 saturated carbocycles. The second-order valence-corrected chi connectivity index (χ2v) is 31.9. The van der Waals surface area contributed by atoms with Gasteiger partial charge in [0.2, 0.25) is 65.0 Å². The number of anilines is 2. The highest BCUT2D eigenvalue weighted by atomic mass is 19.3. The molecule has 4 heterocycles. The van der Waals surface area contributed by atoms with Crippen LogP contribution in [0.2, 0.25) is 0 Å². The Morgan fingerprint density at radius 1 is 0.496 bits per heavy atom. The SMILES string of the molecule is [C-]#[N+][C@@H]1CC(F)(F)CN1C(=O)CNC(=O)c1ccnc2c(NC(=O)CCC(=O)NC(CCCNC(=N)N(C)C)C(=O)N[C@@H](Cc3ccccc3)C(=O)NCCCC[C@H](NC(=O)[C@H](Cc3ccccc3)NC(=O)C(CCCNC(=N)N(C)C)NC(=O)CCC(=O)Nc3cccc4c(C(=O)NCC(=O)N5CC(F)(F)C[C@H]5C#N)ccnc34)C(=O)N[C@@H](CCCCN)C(=O)O)cccc12. The molecule has 0 bridgehead atoms. The summed E-state index contributed by atoms with van der Waals surface area (Å²) in [6.45, 7) is 4.29. The molecule has 2 fully saturated rings. The number of benzene rings is 4. The first-order chi connectivity index (χ1) is 62.5. The van der Waals surface area contributed by atoms with E-state index in [1.807, 2.05) is 0 Å². The second-order valence-electron chi connectivity index (χ2n) is 31.9. The largest absolute Gasteiger partial charge is 0.480 e. The van der Waals surface area contributed by atoms with Gasteiger partial charge in [-0.2, -0.15) is 5.26 Å². The van der Waals surface area contributed by atoms with Crippen LogP contribution in [-0.4, -0.2) is 270 Å². The first kappa shape index (κ1) is 102. The van der Waals surface area contributed by atoms with Crippen LogP contribution in [-0.2, 0) is 70.4 Å². The molecule has 43 heteroatoms. The van der Waals surface area contributed by atoms with E-state index >= 15 is 0 Å². The molecule has 2 aliphatic rings. The minimum absolute atomic E-state index is 0.00741. The first-order valence-corrected chi connectivity index (χ1v) is 42.6. The van der Waals surface area contributed by atoms with E-state index in [-0.39, 0.29) is 147 Å². The van der Waals surface area contributed by atoms with Crippen molar-refractivity contribution >= 4 is 128 Å². The zero-order valence-electron chi connectivity index (χ0n) is 72.9. The number of halogens is 4. The number of para-hydroxylation sites is 2. The van der Waals surface area contributed by atoms with Crippen molar-refractivity contribution in [3.05, 3.63) is 155 Å². The summed E-state index contributed by atoms with van der Waals surface area (Å²) < 4.78 is 56.4. The van der Waals surface area contributed by atoms with E-state index in [1.165, 1.54) is 70.7 Å². The quantitative estimate of drug-likeness (QED) is 0.00858. The highest BCUT2D eigenvalue weighted by Gasteiger charge is 2.51. The number of hydrogen-bond donors (Lipinski definition) is 17. The van der Waals surface area contributed by atoms with E-state index in [0.717, 1.165) is 0 Å². The van der Waals surface area contributed by atoms with Crippen LogP contribution >= 0.6 is 0 Å². The van der Waals surface area contributed by atoms with Gasteiger partial charge in [0.05, 0.1) is 65.8 Å². The number of nitrogens with two attached hydrogens (primary N) is 1. The van der Waals surface area contributed by atoms with E-state index in [0.29, 0.717) is 33.8 Å². The van der Waals surface area contributed by atoms with E-state index in [9.17, 15) is 95.1 Å². The average molecular weight is 1820 g/mol. The van der Waals surface area contributed by atoms with Gasteiger partial charge in [0.25, 0.3) is 23.7 Å². The fourth-order valence-corrected chi connectivity index (χ4v) is 14.3. The molecule has 0 aliphatic carbocycles. The van der Waals surface area contributed by atoms with Gasteiger partial charge >= 0.3 is 12.1 Å². The molecule has 2 unspecified atom stereocenters. The topological polar surface area (TPSA) is 556 Å². The van der Waals surface area contributed by atoms with Crippen molar-refractivity contribution in [2.75, 3.05) is 91.2 Å². The third-order valence-electron chi connectivity index (χ3n) is 21.4. The van der Waals surface area contributed by atoms with Gasteiger partial charge in [-0.25, -0.2) is 28.9 Å². The summed E-state index contributed by atoms with van der Waals surface area (Å²) in [5, 5.41) is 71.5. The lowest BCUT2D eigenvalue weighted by atomic mass is 10.0. The fourth-order valence-electron chi connectivity index (χ4n) is 14.3. The highest BCUT2D eigenvalue weighted by molar-refractivity contribution is 6.12. The van der Waals surface area contributed by atoms with Crippen molar-refractivity contribution in [2.24, 2.45) is 5.73 Å². The molecule has 6 aromatic rings. The number of hydrogen-bond acceptors (Lipinski definition) is 20.